The number of nitrogens with zero attached hydrogens (tertiary/aromatic N) is 1. The van der Waals surface area contributed by atoms with E-state index in [9.17, 15) is 0 Å². The van der Waals surface area contributed by atoms with Crippen molar-refractivity contribution < 1.29 is 4.84 Å². The number of rotatable bonds is 0. The van der Waals surface area contributed by atoms with Gasteiger partial charge in [0.2, 0.25) is 5.56 Å². The van der Waals surface area contributed by atoms with Crippen LogP contribution in [0.5, 0.6) is 0 Å². The number of hydrogen-bond acceptors (Lipinski definition) is 3. The standard InChI is InChI=1S/C3H5NOS/c1-2-6-3-4(1)5-3/h3H,1-2H2. The molecule has 0 saturated carbocycles. The minimum Gasteiger partial charge on any atom is -0.263 e. The van der Waals surface area contributed by atoms with E-state index < -0.39 is 0 Å². The maximum Gasteiger partial charge on any atom is 0.200 e. The van der Waals surface area contributed by atoms with Crippen LogP contribution in [0.3, 0.4) is 0 Å². The lowest BCUT2D eigenvalue weighted by Crippen LogP contribution is -1.93. The van der Waals surface area contributed by atoms with E-state index in [0.717, 1.165) is 6.54 Å². The summed E-state index contributed by atoms with van der Waals surface area (Å²) < 4.78 is 0. The largest absolute Gasteiger partial charge is 0.263 e. The van der Waals surface area contributed by atoms with Crippen LogP contribution in [0.2, 0.25) is 0 Å². The molecule has 2 saturated heterocycles. The summed E-state index contributed by atoms with van der Waals surface area (Å²) in [6.45, 7) is 1.13. The summed E-state index contributed by atoms with van der Waals surface area (Å²) in [5, 5.41) is 1.99. The molecular weight excluding hydrogens is 98.1 g/mol. The Morgan fingerprint density at radius 1 is 1.83 bits per heavy atom. The van der Waals surface area contributed by atoms with Crippen molar-refractivity contribution in [1.82, 2.24) is 5.06 Å². The molecule has 2 nitrogen and oxygen atoms in total. The van der Waals surface area contributed by atoms with Gasteiger partial charge in [0.05, 0.1) is 0 Å². The average Bonchev–Trinajstić information content (AvgIpc) is 2.17. The first-order chi connectivity index (χ1) is 2.97. The van der Waals surface area contributed by atoms with E-state index in [1.54, 1.807) is 0 Å². The summed E-state index contributed by atoms with van der Waals surface area (Å²) >= 11 is 1.87. The lowest BCUT2D eigenvalue weighted by atomic mass is 10.8. The van der Waals surface area contributed by atoms with Crippen LogP contribution in [0.25, 0.3) is 0 Å². The Morgan fingerprint density at radius 2 is 2.83 bits per heavy atom. The van der Waals surface area contributed by atoms with E-state index in [0.29, 0.717) is 5.56 Å². The average molecular weight is 103 g/mol. The number of hydrogen-bond donors (Lipinski definition) is 0. The van der Waals surface area contributed by atoms with E-state index in [2.05, 4.69) is 0 Å². The maximum absolute atomic E-state index is 4.95. The van der Waals surface area contributed by atoms with Crippen molar-refractivity contribution >= 4 is 11.8 Å². The second-order valence-corrected chi connectivity index (χ2v) is 2.57. The van der Waals surface area contributed by atoms with Crippen LogP contribution in [0.4, 0.5) is 0 Å². The highest BCUT2D eigenvalue weighted by Gasteiger charge is 2.41. The van der Waals surface area contributed by atoms with E-state index in [1.807, 2.05) is 16.8 Å². The van der Waals surface area contributed by atoms with Gasteiger partial charge in [0.1, 0.15) is 0 Å². The SMILES string of the molecule is C1CN2OC2S1. The van der Waals surface area contributed by atoms with Gasteiger partial charge >= 0.3 is 0 Å². The molecule has 6 heavy (non-hydrogen) atoms. The van der Waals surface area contributed by atoms with Crippen molar-refractivity contribution in [3.63, 3.8) is 0 Å². The van der Waals surface area contributed by atoms with Crippen LogP contribution in [-0.4, -0.2) is 22.9 Å². The molecule has 0 radical (unpaired) electrons. The minimum absolute atomic E-state index is 0.463. The third kappa shape index (κ3) is 0.303. The quantitative estimate of drug-likeness (QED) is 0.409. The molecule has 2 atom stereocenters. The number of thioether (sulfide) groups is 1. The molecule has 2 fully saturated rings. The van der Waals surface area contributed by atoms with Gasteiger partial charge in [-0.3, -0.25) is 4.84 Å². The van der Waals surface area contributed by atoms with E-state index in [4.69, 9.17) is 4.84 Å². The highest BCUT2D eigenvalue weighted by atomic mass is 32.2. The topological polar surface area (TPSA) is 15.5 Å². The molecule has 2 aliphatic rings. The summed E-state index contributed by atoms with van der Waals surface area (Å²) in [7, 11) is 0. The van der Waals surface area contributed by atoms with Gasteiger partial charge < -0.3 is 0 Å². The zero-order valence-electron chi connectivity index (χ0n) is 3.26. The smallest absolute Gasteiger partial charge is 0.200 e. The highest BCUT2D eigenvalue weighted by molar-refractivity contribution is 8.00. The molecule has 3 heteroatoms. The molecule has 0 aromatic carbocycles. The summed E-state index contributed by atoms with van der Waals surface area (Å²) in [4.78, 5) is 4.95. The second kappa shape index (κ2) is 0.911. The molecule has 2 unspecified atom stereocenters. The van der Waals surface area contributed by atoms with Gasteiger partial charge in [0.25, 0.3) is 0 Å². The monoisotopic (exact) mass is 103 g/mol. The van der Waals surface area contributed by atoms with E-state index >= 15 is 0 Å². The Balaban J connectivity index is 2.09. The Morgan fingerprint density at radius 3 is 3.00 bits per heavy atom. The van der Waals surface area contributed by atoms with E-state index in [-0.39, 0.29) is 0 Å². The van der Waals surface area contributed by atoms with Crippen LogP contribution in [0.15, 0.2) is 0 Å². The summed E-state index contributed by atoms with van der Waals surface area (Å²) in [6, 6.07) is 0. The molecule has 2 rings (SSSR count). The van der Waals surface area contributed by atoms with Crippen LogP contribution < -0.4 is 0 Å². The van der Waals surface area contributed by atoms with Crippen molar-refractivity contribution in [2.75, 3.05) is 12.3 Å². The lowest BCUT2D eigenvalue weighted by molar-refractivity contribution is 0.208. The predicted octanol–water partition coefficient (Wildman–Crippen LogP) is 0.264. The first-order valence-electron chi connectivity index (χ1n) is 2.02. The van der Waals surface area contributed by atoms with Gasteiger partial charge in [-0.25, -0.2) is 0 Å². The van der Waals surface area contributed by atoms with Crippen molar-refractivity contribution in [2.45, 2.75) is 5.56 Å². The van der Waals surface area contributed by atoms with Gasteiger partial charge in [-0.2, -0.15) is 0 Å². The van der Waals surface area contributed by atoms with Crippen molar-refractivity contribution in [3.05, 3.63) is 0 Å². The number of fused-ring (bicyclic) bond motifs is 1. The Kier molecular flexibility index (Phi) is 0.500. The molecule has 0 aliphatic carbocycles. The van der Waals surface area contributed by atoms with Gasteiger partial charge in [0, 0.05) is 12.3 Å². The lowest BCUT2D eigenvalue weighted by Gasteiger charge is -1.81. The maximum atomic E-state index is 4.95. The molecule has 0 aromatic rings. The summed E-state index contributed by atoms with van der Waals surface area (Å²) in [6.07, 6.45) is 0. The first kappa shape index (κ1) is 3.29. The normalized spacial score (nSPS) is 52.0. The van der Waals surface area contributed by atoms with Crippen LogP contribution in [0, 0.1) is 0 Å². The van der Waals surface area contributed by atoms with Crippen LogP contribution in [-0.2, 0) is 4.84 Å². The zero-order chi connectivity index (χ0) is 3.98. The van der Waals surface area contributed by atoms with Gasteiger partial charge in [-0.1, -0.05) is 0 Å². The zero-order valence-corrected chi connectivity index (χ0v) is 4.07. The Bertz CT molecular complexity index is 69.2. The Labute approximate surface area is 40.4 Å². The van der Waals surface area contributed by atoms with Crippen molar-refractivity contribution in [2.24, 2.45) is 0 Å². The molecule has 2 heterocycles. The Hall–Kier alpha value is 0.270. The number of hydroxylamine groups is 2. The van der Waals surface area contributed by atoms with Crippen LogP contribution in [0.1, 0.15) is 0 Å². The fourth-order valence-corrected chi connectivity index (χ4v) is 1.53. The molecule has 0 amide bonds. The molecule has 0 N–H and O–H groups in total. The first-order valence-corrected chi connectivity index (χ1v) is 3.07. The van der Waals surface area contributed by atoms with Gasteiger partial charge in [-0.15, -0.1) is 16.8 Å². The summed E-state index contributed by atoms with van der Waals surface area (Å²) in [5.41, 5.74) is 0.463. The van der Waals surface area contributed by atoms with Gasteiger partial charge in [-0.05, 0) is 0 Å². The van der Waals surface area contributed by atoms with Crippen molar-refractivity contribution in [1.29, 1.82) is 0 Å². The summed E-state index contributed by atoms with van der Waals surface area (Å²) in [5.74, 6) is 1.25. The third-order valence-corrected chi connectivity index (χ3v) is 2.01. The third-order valence-electron chi connectivity index (χ3n) is 0.987. The van der Waals surface area contributed by atoms with Crippen LogP contribution >= 0.6 is 11.8 Å². The van der Waals surface area contributed by atoms with Crippen molar-refractivity contribution in [3.8, 4) is 0 Å². The molecule has 0 bridgehead atoms. The molecule has 0 aromatic heterocycles. The van der Waals surface area contributed by atoms with E-state index in [1.165, 1.54) is 5.75 Å². The minimum atomic E-state index is 0.463. The highest BCUT2D eigenvalue weighted by Crippen LogP contribution is 2.36. The second-order valence-electron chi connectivity index (χ2n) is 1.42. The molecule has 2 aliphatic heterocycles. The fourth-order valence-electron chi connectivity index (χ4n) is 0.604. The molecule has 34 valence electrons. The predicted molar refractivity (Wildman–Crippen MR) is 24.0 cm³/mol. The fraction of sp³-hybridized carbons (Fsp3) is 1.00. The van der Waals surface area contributed by atoms with Gasteiger partial charge in [0.15, 0.2) is 0 Å². The molecular formula is C3H5NOS. The molecule has 0 spiro atoms.